The average Bonchev–Trinajstić information content (AvgIpc) is 2.78. The highest BCUT2D eigenvalue weighted by molar-refractivity contribution is 5.95. The molecule has 1 atom stereocenters. The number of amides is 1. The van der Waals surface area contributed by atoms with Gasteiger partial charge in [0.2, 0.25) is 5.91 Å². The molecule has 0 spiro atoms. The molecule has 1 unspecified atom stereocenters. The fourth-order valence-electron chi connectivity index (χ4n) is 2.23. The minimum Gasteiger partial charge on any atom is -0.372 e. The first-order valence-electron chi connectivity index (χ1n) is 7.03. The van der Waals surface area contributed by atoms with Crippen LogP contribution in [-0.4, -0.2) is 37.5 Å². The molecule has 0 aliphatic carbocycles. The summed E-state index contributed by atoms with van der Waals surface area (Å²) in [4.78, 5) is 14.1. The van der Waals surface area contributed by atoms with Gasteiger partial charge in [0.05, 0.1) is 12.6 Å². The molecule has 1 fully saturated rings. The zero-order valence-electron chi connectivity index (χ0n) is 13.3. The topological polar surface area (TPSA) is 44.4 Å². The molecule has 1 aliphatic rings. The van der Waals surface area contributed by atoms with Gasteiger partial charge in [-0.2, -0.15) is 0 Å². The molecular weight excluding hydrogens is 347 g/mol. The molecular formula is C15H23Cl2F2N3O. The second kappa shape index (κ2) is 8.66. The lowest BCUT2D eigenvalue weighted by Gasteiger charge is -2.24. The van der Waals surface area contributed by atoms with Gasteiger partial charge in [0, 0.05) is 30.9 Å². The van der Waals surface area contributed by atoms with Crippen molar-refractivity contribution in [3.8, 4) is 0 Å². The summed E-state index contributed by atoms with van der Waals surface area (Å²) in [7, 11) is 1.96. The Labute approximate surface area is 147 Å². The number of carbonyl (C=O) groups is 1. The van der Waals surface area contributed by atoms with E-state index in [1.54, 1.807) is 6.07 Å². The molecule has 0 saturated carbocycles. The SMILES string of the molecule is CC(C)N(C)c1cccc(NC(=O)C2CC(F)(F)CN2)c1.Cl.Cl. The number of hydrogen-bond acceptors (Lipinski definition) is 3. The molecule has 0 bridgehead atoms. The van der Waals surface area contributed by atoms with Crippen LogP contribution in [0.25, 0.3) is 0 Å². The van der Waals surface area contributed by atoms with Crippen LogP contribution in [0.2, 0.25) is 0 Å². The van der Waals surface area contributed by atoms with Crippen LogP contribution in [0.15, 0.2) is 24.3 Å². The number of nitrogens with one attached hydrogen (secondary N) is 2. The number of rotatable bonds is 4. The summed E-state index contributed by atoms with van der Waals surface area (Å²) < 4.78 is 26.2. The molecule has 1 aliphatic heterocycles. The van der Waals surface area contributed by atoms with Gasteiger partial charge in [-0.3, -0.25) is 10.1 Å². The maximum absolute atomic E-state index is 13.1. The molecule has 0 radical (unpaired) electrons. The molecule has 2 N–H and O–H groups in total. The summed E-state index contributed by atoms with van der Waals surface area (Å²) in [5, 5.41) is 5.24. The first-order valence-corrected chi connectivity index (χ1v) is 7.03. The zero-order chi connectivity index (χ0) is 15.6. The number of carbonyl (C=O) groups excluding carboxylic acids is 1. The van der Waals surface area contributed by atoms with E-state index < -0.39 is 30.8 Å². The van der Waals surface area contributed by atoms with E-state index in [-0.39, 0.29) is 24.8 Å². The van der Waals surface area contributed by atoms with Crippen molar-refractivity contribution < 1.29 is 13.6 Å². The predicted octanol–water partition coefficient (Wildman–Crippen LogP) is 3.31. The van der Waals surface area contributed by atoms with Gasteiger partial charge in [-0.1, -0.05) is 6.07 Å². The van der Waals surface area contributed by atoms with Crippen molar-refractivity contribution in [3.05, 3.63) is 24.3 Å². The number of nitrogens with zero attached hydrogens (tertiary/aromatic N) is 1. The number of halogens is 4. The third kappa shape index (κ3) is 5.79. The minimum atomic E-state index is -2.80. The van der Waals surface area contributed by atoms with E-state index >= 15 is 0 Å². The standard InChI is InChI=1S/C15H21F2N3O.2ClH/c1-10(2)20(3)12-6-4-5-11(7-12)19-14(21)13-8-15(16,17)9-18-13;;/h4-7,10,13,18H,8-9H2,1-3H3,(H,19,21);2*1H. The second-order valence-corrected chi connectivity index (χ2v) is 5.74. The Bertz CT molecular complexity index is 529. The molecule has 132 valence electrons. The molecule has 1 amide bonds. The largest absolute Gasteiger partial charge is 0.372 e. The summed E-state index contributed by atoms with van der Waals surface area (Å²) in [6.07, 6.45) is -0.454. The Balaban J connectivity index is 0.00000242. The van der Waals surface area contributed by atoms with Gasteiger partial charge in [-0.05, 0) is 32.0 Å². The number of hydrogen-bond donors (Lipinski definition) is 2. The van der Waals surface area contributed by atoms with E-state index in [4.69, 9.17) is 0 Å². The Hall–Kier alpha value is -1.11. The molecule has 4 nitrogen and oxygen atoms in total. The Kier molecular flexibility index (Phi) is 8.24. The second-order valence-electron chi connectivity index (χ2n) is 5.74. The third-order valence-electron chi connectivity index (χ3n) is 3.72. The van der Waals surface area contributed by atoms with Gasteiger partial charge < -0.3 is 10.2 Å². The van der Waals surface area contributed by atoms with Gasteiger partial charge >= 0.3 is 0 Å². The molecule has 0 aromatic heterocycles. The fraction of sp³-hybridized carbons (Fsp3) is 0.533. The summed E-state index contributed by atoms with van der Waals surface area (Å²) >= 11 is 0. The van der Waals surface area contributed by atoms with Crippen LogP contribution < -0.4 is 15.5 Å². The minimum absolute atomic E-state index is 0. The summed E-state index contributed by atoms with van der Waals surface area (Å²) in [5.41, 5.74) is 1.58. The normalized spacial score (nSPS) is 18.8. The fourth-order valence-corrected chi connectivity index (χ4v) is 2.23. The molecule has 1 saturated heterocycles. The quantitative estimate of drug-likeness (QED) is 0.855. The van der Waals surface area contributed by atoms with Crippen molar-refractivity contribution >= 4 is 42.1 Å². The van der Waals surface area contributed by atoms with Crippen molar-refractivity contribution in [2.75, 3.05) is 23.8 Å². The van der Waals surface area contributed by atoms with E-state index in [1.165, 1.54) is 0 Å². The van der Waals surface area contributed by atoms with Gasteiger partial charge in [0.1, 0.15) is 0 Å². The van der Waals surface area contributed by atoms with Gasteiger partial charge in [0.15, 0.2) is 0 Å². The van der Waals surface area contributed by atoms with Crippen LogP contribution in [0.4, 0.5) is 20.2 Å². The number of alkyl halides is 2. The summed E-state index contributed by atoms with van der Waals surface area (Å²) in [6, 6.07) is 6.85. The third-order valence-corrected chi connectivity index (χ3v) is 3.72. The maximum Gasteiger partial charge on any atom is 0.262 e. The first kappa shape index (κ1) is 21.9. The van der Waals surface area contributed by atoms with Gasteiger partial charge in [-0.15, -0.1) is 24.8 Å². The van der Waals surface area contributed by atoms with Crippen LogP contribution in [0.3, 0.4) is 0 Å². The van der Waals surface area contributed by atoms with E-state index in [0.717, 1.165) is 5.69 Å². The van der Waals surface area contributed by atoms with Crippen LogP contribution in [0.1, 0.15) is 20.3 Å². The summed E-state index contributed by atoms with van der Waals surface area (Å²) in [6.45, 7) is 3.69. The molecule has 1 aromatic carbocycles. The van der Waals surface area contributed by atoms with Crippen LogP contribution in [0, 0.1) is 0 Å². The Morgan fingerprint density at radius 1 is 1.39 bits per heavy atom. The highest BCUT2D eigenvalue weighted by atomic mass is 35.5. The van der Waals surface area contributed by atoms with Crippen molar-refractivity contribution in [2.24, 2.45) is 0 Å². The van der Waals surface area contributed by atoms with E-state index in [0.29, 0.717) is 11.7 Å². The van der Waals surface area contributed by atoms with E-state index in [1.807, 2.05) is 25.2 Å². The van der Waals surface area contributed by atoms with Crippen LogP contribution >= 0.6 is 24.8 Å². The highest BCUT2D eigenvalue weighted by Crippen LogP contribution is 2.26. The van der Waals surface area contributed by atoms with E-state index in [9.17, 15) is 13.6 Å². The summed E-state index contributed by atoms with van der Waals surface area (Å²) in [5.74, 6) is -3.22. The van der Waals surface area contributed by atoms with Crippen LogP contribution in [-0.2, 0) is 4.79 Å². The lowest BCUT2D eigenvalue weighted by Crippen LogP contribution is -2.35. The molecule has 2 rings (SSSR count). The smallest absolute Gasteiger partial charge is 0.262 e. The molecule has 23 heavy (non-hydrogen) atoms. The lowest BCUT2D eigenvalue weighted by atomic mass is 10.1. The zero-order valence-corrected chi connectivity index (χ0v) is 14.9. The van der Waals surface area contributed by atoms with Crippen molar-refractivity contribution in [3.63, 3.8) is 0 Å². The average molecular weight is 370 g/mol. The Morgan fingerprint density at radius 2 is 2.04 bits per heavy atom. The van der Waals surface area contributed by atoms with Crippen LogP contribution in [0.5, 0.6) is 0 Å². The van der Waals surface area contributed by atoms with Gasteiger partial charge in [-0.25, -0.2) is 8.78 Å². The number of anilines is 2. The highest BCUT2D eigenvalue weighted by Gasteiger charge is 2.42. The van der Waals surface area contributed by atoms with E-state index in [2.05, 4.69) is 29.4 Å². The van der Waals surface area contributed by atoms with Crippen molar-refractivity contribution in [2.45, 2.75) is 38.3 Å². The van der Waals surface area contributed by atoms with Crippen molar-refractivity contribution in [1.82, 2.24) is 5.32 Å². The Morgan fingerprint density at radius 3 is 2.57 bits per heavy atom. The molecule has 8 heteroatoms. The maximum atomic E-state index is 13.1. The first-order chi connectivity index (χ1) is 9.78. The predicted molar refractivity (Wildman–Crippen MR) is 94.5 cm³/mol. The van der Waals surface area contributed by atoms with Crippen molar-refractivity contribution in [1.29, 1.82) is 0 Å². The number of benzene rings is 1. The lowest BCUT2D eigenvalue weighted by molar-refractivity contribution is -0.118. The van der Waals surface area contributed by atoms with Gasteiger partial charge in [0.25, 0.3) is 5.92 Å². The molecule has 1 heterocycles. The molecule has 1 aromatic rings. The monoisotopic (exact) mass is 369 g/mol.